The van der Waals surface area contributed by atoms with E-state index in [2.05, 4.69) is 10.3 Å². The molecule has 1 aromatic carbocycles. The molecule has 2 aromatic heterocycles. The molecule has 3 rings (SSSR count). The minimum absolute atomic E-state index is 0.226. The molecule has 3 aromatic rings. The first-order valence-corrected chi connectivity index (χ1v) is 7.58. The van der Waals surface area contributed by atoms with Crippen LogP contribution in [0, 0.1) is 0 Å². The summed E-state index contributed by atoms with van der Waals surface area (Å²) in [6, 6.07) is 13.0. The highest BCUT2D eigenvalue weighted by atomic mass is 35.5. The molecule has 23 heavy (non-hydrogen) atoms. The molecule has 0 aliphatic rings. The molecule has 0 atom stereocenters. The van der Waals surface area contributed by atoms with E-state index in [1.54, 1.807) is 19.2 Å². The third-order valence-corrected chi connectivity index (χ3v) is 3.71. The van der Waals surface area contributed by atoms with Crippen molar-refractivity contribution in [3.8, 4) is 11.3 Å². The molecule has 118 valence electrons. The van der Waals surface area contributed by atoms with Gasteiger partial charge >= 0.3 is 0 Å². The lowest BCUT2D eigenvalue weighted by Crippen LogP contribution is -2.27. The van der Waals surface area contributed by atoms with Crippen LogP contribution in [0.5, 0.6) is 0 Å². The van der Waals surface area contributed by atoms with Crippen LogP contribution in [0.3, 0.4) is 0 Å². The fourth-order valence-electron chi connectivity index (χ4n) is 2.39. The summed E-state index contributed by atoms with van der Waals surface area (Å²) >= 11 is 5.96. The number of fused-ring (bicyclic) bond motifs is 1. The number of imidazole rings is 1. The summed E-state index contributed by atoms with van der Waals surface area (Å²) in [7, 11) is 1.59. The molecule has 6 heteroatoms. The fourth-order valence-corrected chi connectivity index (χ4v) is 2.51. The topological polar surface area (TPSA) is 55.6 Å². The maximum Gasteiger partial charge on any atom is 0.272 e. The van der Waals surface area contributed by atoms with Crippen molar-refractivity contribution in [2.75, 3.05) is 20.3 Å². The minimum atomic E-state index is -0.226. The maximum atomic E-state index is 12.5. The number of hydrogen-bond donors (Lipinski definition) is 1. The molecular formula is C17H16ClN3O2. The van der Waals surface area contributed by atoms with E-state index >= 15 is 0 Å². The fraction of sp³-hybridized carbons (Fsp3) is 0.176. The Hall–Kier alpha value is -2.37. The normalized spacial score (nSPS) is 10.9. The molecule has 1 N–H and O–H groups in total. The predicted molar refractivity (Wildman–Crippen MR) is 89.8 cm³/mol. The third-order valence-electron chi connectivity index (χ3n) is 3.45. The molecule has 0 saturated heterocycles. The van der Waals surface area contributed by atoms with Crippen molar-refractivity contribution in [3.05, 3.63) is 59.4 Å². The lowest BCUT2D eigenvalue weighted by atomic mass is 10.1. The van der Waals surface area contributed by atoms with E-state index in [4.69, 9.17) is 16.3 Å². The number of benzene rings is 1. The highest BCUT2D eigenvalue weighted by Gasteiger charge is 2.19. The second-order valence-corrected chi connectivity index (χ2v) is 5.43. The second-order valence-electron chi connectivity index (χ2n) is 4.99. The number of hydrogen-bond acceptors (Lipinski definition) is 3. The SMILES string of the molecule is COCCNC(=O)c1nc2ccccn2c1-c1ccc(Cl)cc1. The van der Waals surface area contributed by atoms with E-state index < -0.39 is 0 Å². The van der Waals surface area contributed by atoms with Crippen molar-refractivity contribution in [1.82, 2.24) is 14.7 Å². The Morgan fingerprint density at radius 2 is 2.04 bits per heavy atom. The predicted octanol–water partition coefficient (Wildman–Crippen LogP) is 3.03. The quantitative estimate of drug-likeness (QED) is 0.732. The summed E-state index contributed by atoms with van der Waals surface area (Å²) < 4.78 is 6.86. The van der Waals surface area contributed by atoms with Crippen LogP contribution in [0.4, 0.5) is 0 Å². The van der Waals surface area contributed by atoms with Gasteiger partial charge in [-0.15, -0.1) is 0 Å². The Labute approximate surface area is 138 Å². The molecule has 0 bridgehead atoms. The van der Waals surface area contributed by atoms with Gasteiger partial charge in [0.2, 0.25) is 0 Å². The first-order chi connectivity index (χ1) is 11.2. The summed E-state index contributed by atoms with van der Waals surface area (Å²) in [5, 5.41) is 3.46. The molecule has 0 saturated carbocycles. The Balaban J connectivity index is 2.08. The van der Waals surface area contributed by atoms with Gasteiger partial charge in [-0.3, -0.25) is 9.20 Å². The monoisotopic (exact) mass is 329 g/mol. The standard InChI is InChI=1S/C17H16ClN3O2/c1-23-11-9-19-17(22)15-16(12-5-7-13(18)8-6-12)21-10-3-2-4-14(21)20-15/h2-8,10H,9,11H2,1H3,(H,19,22). The molecule has 0 aliphatic carbocycles. The van der Waals surface area contributed by atoms with Crippen LogP contribution >= 0.6 is 11.6 Å². The van der Waals surface area contributed by atoms with Crippen LogP contribution in [-0.2, 0) is 4.74 Å². The number of pyridine rings is 1. The minimum Gasteiger partial charge on any atom is -0.383 e. The van der Waals surface area contributed by atoms with E-state index in [0.29, 0.717) is 29.5 Å². The van der Waals surface area contributed by atoms with E-state index in [1.165, 1.54) is 0 Å². The first-order valence-electron chi connectivity index (χ1n) is 7.21. The maximum absolute atomic E-state index is 12.5. The van der Waals surface area contributed by atoms with Gasteiger partial charge in [0.25, 0.3) is 5.91 Å². The third kappa shape index (κ3) is 3.21. The Kier molecular flexibility index (Phi) is 4.60. The molecule has 0 fully saturated rings. The Morgan fingerprint density at radius 1 is 1.26 bits per heavy atom. The second kappa shape index (κ2) is 6.81. The van der Waals surface area contributed by atoms with Crippen LogP contribution < -0.4 is 5.32 Å². The molecule has 1 amide bonds. The average molecular weight is 330 g/mol. The zero-order chi connectivity index (χ0) is 16.2. The molecule has 5 nitrogen and oxygen atoms in total. The van der Waals surface area contributed by atoms with Gasteiger partial charge in [-0.1, -0.05) is 29.8 Å². The highest BCUT2D eigenvalue weighted by molar-refractivity contribution is 6.30. The lowest BCUT2D eigenvalue weighted by Gasteiger charge is -2.06. The van der Waals surface area contributed by atoms with Crippen molar-refractivity contribution in [2.45, 2.75) is 0 Å². The molecule has 2 heterocycles. The lowest BCUT2D eigenvalue weighted by molar-refractivity contribution is 0.0933. The van der Waals surface area contributed by atoms with E-state index in [1.807, 2.05) is 40.9 Å². The van der Waals surface area contributed by atoms with Crippen molar-refractivity contribution in [3.63, 3.8) is 0 Å². The highest BCUT2D eigenvalue weighted by Crippen LogP contribution is 2.26. The Bertz CT molecular complexity index is 827. The summed E-state index contributed by atoms with van der Waals surface area (Å²) in [6.45, 7) is 0.888. The summed E-state index contributed by atoms with van der Waals surface area (Å²) in [6.07, 6.45) is 1.89. The van der Waals surface area contributed by atoms with Gasteiger partial charge in [0, 0.05) is 30.4 Å². The van der Waals surface area contributed by atoms with Crippen molar-refractivity contribution >= 4 is 23.2 Å². The average Bonchev–Trinajstić information content (AvgIpc) is 2.95. The van der Waals surface area contributed by atoms with E-state index in [-0.39, 0.29) is 5.91 Å². The van der Waals surface area contributed by atoms with Gasteiger partial charge in [0.05, 0.1) is 12.3 Å². The number of halogens is 1. The largest absolute Gasteiger partial charge is 0.383 e. The van der Waals surface area contributed by atoms with Gasteiger partial charge in [-0.2, -0.15) is 0 Å². The first kappa shape index (κ1) is 15.5. The molecule has 0 unspecified atom stereocenters. The molecule has 0 aliphatic heterocycles. The van der Waals surface area contributed by atoms with Gasteiger partial charge in [0.15, 0.2) is 5.69 Å². The van der Waals surface area contributed by atoms with Crippen molar-refractivity contribution in [2.24, 2.45) is 0 Å². The molecule has 0 radical (unpaired) electrons. The summed E-state index contributed by atoms with van der Waals surface area (Å²) in [4.78, 5) is 16.9. The van der Waals surface area contributed by atoms with Crippen LogP contribution in [0.2, 0.25) is 5.02 Å². The van der Waals surface area contributed by atoms with E-state index in [9.17, 15) is 4.79 Å². The zero-order valence-electron chi connectivity index (χ0n) is 12.6. The number of methoxy groups -OCH3 is 1. The number of nitrogens with one attached hydrogen (secondary N) is 1. The van der Waals surface area contributed by atoms with Gasteiger partial charge in [-0.25, -0.2) is 4.98 Å². The van der Waals surface area contributed by atoms with Crippen molar-refractivity contribution < 1.29 is 9.53 Å². The van der Waals surface area contributed by atoms with Gasteiger partial charge in [-0.05, 0) is 24.3 Å². The molecular weight excluding hydrogens is 314 g/mol. The zero-order valence-corrected chi connectivity index (χ0v) is 13.4. The van der Waals surface area contributed by atoms with Crippen LogP contribution in [-0.4, -0.2) is 35.6 Å². The Morgan fingerprint density at radius 3 is 2.78 bits per heavy atom. The summed E-state index contributed by atoms with van der Waals surface area (Å²) in [5.74, 6) is -0.226. The number of aromatic nitrogens is 2. The van der Waals surface area contributed by atoms with E-state index in [0.717, 1.165) is 11.3 Å². The van der Waals surface area contributed by atoms with Crippen LogP contribution in [0.15, 0.2) is 48.7 Å². The number of carbonyl (C=O) groups is 1. The van der Waals surface area contributed by atoms with Crippen LogP contribution in [0.1, 0.15) is 10.5 Å². The van der Waals surface area contributed by atoms with Crippen LogP contribution in [0.25, 0.3) is 16.9 Å². The van der Waals surface area contributed by atoms with Gasteiger partial charge in [0.1, 0.15) is 5.65 Å². The number of ether oxygens (including phenoxy) is 1. The van der Waals surface area contributed by atoms with Gasteiger partial charge < -0.3 is 10.1 Å². The van der Waals surface area contributed by atoms with Crippen molar-refractivity contribution in [1.29, 1.82) is 0 Å². The number of nitrogens with zero attached hydrogens (tertiary/aromatic N) is 2. The number of carbonyl (C=O) groups excluding carboxylic acids is 1. The number of amides is 1. The summed E-state index contributed by atoms with van der Waals surface area (Å²) in [5.41, 5.74) is 2.72. The number of rotatable bonds is 5. The molecule has 0 spiro atoms. The smallest absolute Gasteiger partial charge is 0.272 e.